The van der Waals surface area contributed by atoms with Gasteiger partial charge >= 0.3 is 0 Å². The van der Waals surface area contributed by atoms with Crippen LogP contribution in [-0.4, -0.2) is 33.7 Å². The van der Waals surface area contributed by atoms with Crippen LogP contribution in [0.1, 0.15) is 12.0 Å². The van der Waals surface area contributed by atoms with Crippen LogP contribution in [0.5, 0.6) is 5.75 Å². The number of nitrogens with zero attached hydrogens (tertiary/aromatic N) is 3. The van der Waals surface area contributed by atoms with Gasteiger partial charge in [0, 0.05) is 6.42 Å². The second-order valence-corrected chi connectivity index (χ2v) is 5.41. The van der Waals surface area contributed by atoms with E-state index in [0.29, 0.717) is 23.9 Å². The average molecular weight is 315 g/mol. The molecule has 0 radical (unpaired) electrons. The van der Waals surface area contributed by atoms with E-state index in [-0.39, 0.29) is 18.2 Å². The van der Waals surface area contributed by atoms with Crippen molar-refractivity contribution < 1.29 is 14.3 Å². The third-order valence-corrected chi connectivity index (χ3v) is 3.68. The Kier molecular flexibility index (Phi) is 3.96. The lowest BCUT2D eigenvalue weighted by atomic mass is 10.0. The van der Waals surface area contributed by atoms with Crippen molar-refractivity contribution in [2.24, 2.45) is 5.92 Å². The summed E-state index contributed by atoms with van der Waals surface area (Å²) >= 11 is 0. The van der Waals surface area contributed by atoms with Gasteiger partial charge < -0.3 is 10.1 Å². The summed E-state index contributed by atoms with van der Waals surface area (Å²) < 4.78 is 6.81. The van der Waals surface area contributed by atoms with E-state index in [1.807, 2.05) is 19.1 Å². The Balaban J connectivity index is 1.68. The molecule has 2 heterocycles. The smallest absolute Gasteiger partial charge is 0.232 e. The largest absolute Gasteiger partial charge is 0.495 e. The molecular weight excluding hydrogens is 298 g/mol. The number of hydrogen-bond donors (Lipinski definition) is 2. The highest BCUT2D eigenvalue weighted by Crippen LogP contribution is 2.26. The van der Waals surface area contributed by atoms with Gasteiger partial charge in [-0.15, -0.1) is 0 Å². The maximum atomic E-state index is 12.3. The first kappa shape index (κ1) is 15.0. The van der Waals surface area contributed by atoms with Crippen molar-refractivity contribution in [1.82, 2.24) is 14.8 Å². The van der Waals surface area contributed by atoms with Gasteiger partial charge in [-0.25, -0.2) is 4.68 Å². The van der Waals surface area contributed by atoms with Crippen molar-refractivity contribution in [3.63, 3.8) is 0 Å². The van der Waals surface area contributed by atoms with E-state index >= 15 is 0 Å². The number of amides is 2. The number of anilines is 2. The molecule has 1 atom stereocenters. The van der Waals surface area contributed by atoms with Crippen LogP contribution < -0.4 is 15.4 Å². The topological polar surface area (TPSA) is 98.1 Å². The van der Waals surface area contributed by atoms with Gasteiger partial charge in [-0.2, -0.15) is 10.1 Å². The van der Waals surface area contributed by atoms with E-state index in [1.54, 1.807) is 17.9 Å². The first-order chi connectivity index (χ1) is 11.1. The zero-order chi connectivity index (χ0) is 16.4. The minimum atomic E-state index is -0.486. The van der Waals surface area contributed by atoms with Crippen molar-refractivity contribution in [2.45, 2.75) is 19.9 Å². The third kappa shape index (κ3) is 3.15. The normalized spacial score (nSPS) is 16.4. The summed E-state index contributed by atoms with van der Waals surface area (Å²) in [6, 6.07) is 5.52. The summed E-state index contributed by atoms with van der Waals surface area (Å²) in [5.41, 5.74) is 1.60. The SMILES string of the molecule is COc1ccc(C)cc1NC(=O)C[C@H]1Cn2ncnc2NC1=O. The summed E-state index contributed by atoms with van der Waals surface area (Å²) in [7, 11) is 1.54. The molecule has 120 valence electrons. The number of aromatic nitrogens is 3. The van der Waals surface area contributed by atoms with Gasteiger partial charge in [0.05, 0.1) is 25.3 Å². The summed E-state index contributed by atoms with van der Waals surface area (Å²) in [6.07, 6.45) is 1.43. The molecule has 1 aromatic carbocycles. The predicted octanol–water partition coefficient (Wildman–Crippen LogP) is 1.19. The minimum Gasteiger partial charge on any atom is -0.495 e. The number of benzene rings is 1. The molecular formula is C15H17N5O3. The Hall–Kier alpha value is -2.90. The molecule has 0 aliphatic carbocycles. The van der Waals surface area contributed by atoms with Crippen LogP contribution in [0.4, 0.5) is 11.6 Å². The molecule has 2 amide bonds. The molecule has 0 fully saturated rings. The Bertz CT molecular complexity index is 755. The van der Waals surface area contributed by atoms with Crippen molar-refractivity contribution in [3.8, 4) is 5.75 Å². The molecule has 0 unspecified atom stereocenters. The maximum absolute atomic E-state index is 12.3. The quantitative estimate of drug-likeness (QED) is 0.883. The first-order valence-electron chi connectivity index (χ1n) is 7.20. The lowest BCUT2D eigenvalue weighted by Crippen LogP contribution is -2.36. The lowest BCUT2D eigenvalue weighted by molar-refractivity contribution is -0.126. The van der Waals surface area contributed by atoms with E-state index in [2.05, 4.69) is 20.7 Å². The molecule has 1 aromatic heterocycles. The Morgan fingerprint density at radius 3 is 3.13 bits per heavy atom. The number of methoxy groups -OCH3 is 1. The fourth-order valence-corrected chi connectivity index (χ4v) is 2.50. The molecule has 0 saturated carbocycles. The fourth-order valence-electron chi connectivity index (χ4n) is 2.50. The highest BCUT2D eigenvalue weighted by molar-refractivity contribution is 5.98. The Morgan fingerprint density at radius 1 is 1.52 bits per heavy atom. The van der Waals surface area contributed by atoms with Gasteiger partial charge in [-0.3, -0.25) is 14.9 Å². The standard InChI is InChI=1S/C15H17N5O3/c1-9-3-4-12(23-2)11(5-9)18-13(21)6-10-7-20-15(16-8-17-20)19-14(10)22/h3-5,8,10H,6-7H2,1-2H3,(H,18,21)(H,16,17,19,22)/t10-/m0/s1. The zero-order valence-corrected chi connectivity index (χ0v) is 12.9. The van der Waals surface area contributed by atoms with Crippen LogP contribution in [0.2, 0.25) is 0 Å². The summed E-state index contributed by atoms with van der Waals surface area (Å²) in [4.78, 5) is 28.2. The Morgan fingerprint density at radius 2 is 2.35 bits per heavy atom. The van der Waals surface area contributed by atoms with Gasteiger partial charge in [-0.1, -0.05) is 6.07 Å². The van der Waals surface area contributed by atoms with Crippen molar-refractivity contribution in [3.05, 3.63) is 30.1 Å². The molecule has 1 aliphatic heterocycles. The predicted molar refractivity (Wildman–Crippen MR) is 83.1 cm³/mol. The van der Waals surface area contributed by atoms with Crippen molar-refractivity contribution in [2.75, 3.05) is 17.7 Å². The number of carbonyl (C=O) groups is 2. The maximum Gasteiger partial charge on any atom is 0.232 e. The molecule has 1 aliphatic rings. The number of nitrogens with one attached hydrogen (secondary N) is 2. The average Bonchev–Trinajstić information content (AvgIpc) is 2.95. The molecule has 3 rings (SSSR count). The number of rotatable bonds is 4. The minimum absolute atomic E-state index is 0.0578. The highest BCUT2D eigenvalue weighted by atomic mass is 16.5. The molecule has 8 nitrogen and oxygen atoms in total. The van der Waals surface area contributed by atoms with Gasteiger partial charge in [-0.05, 0) is 24.6 Å². The van der Waals surface area contributed by atoms with Crippen LogP contribution in [0, 0.1) is 12.8 Å². The van der Waals surface area contributed by atoms with Crippen LogP contribution in [0.3, 0.4) is 0 Å². The van der Waals surface area contributed by atoms with Gasteiger partial charge in [0.15, 0.2) is 0 Å². The third-order valence-electron chi connectivity index (χ3n) is 3.68. The summed E-state index contributed by atoms with van der Waals surface area (Å²) in [6.45, 7) is 2.26. The monoisotopic (exact) mass is 315 g/mol. The van der Waals surface area contributed by atoms with Crippen LogP contribution >= 0.6 is 0 Å². The van der Waals surface area contributed by atoms with Crippen molar-refractivity contribution >= 4 is 23.5 Å². The summed E-state index contributed by atoms with van der Waals surface area (Å²) in [5.74, 6) is 0.0251. The van der Waals surface area contributed by atoms with Gasteiger partial charge in [0.1, 0.15) is 12.1 Å². The van der Waals surface area contributed by atoms with E-state index < -0.39 is 5.92 Å². The molecule has 2 aromatic rings. The second-order valence-electron chi connectivity index (χ2n) is 5.41. The second kappa shape index (κ2) is 6.07. The molecule has 0 saturated heterocycles. The lowest BCUT2D eigenvalue weighted by Gasteiger charge is -2.22. The van der Waals surface area contributed by atoms with E-state index in [9.17, 15) is 9.59 Å². The first-order valence-corrected chi connectivity index (χ1v) is 7.20. The highest BCUT2D eigenvalue weighted by Gasteiger charge is 2.29. The number of ether oxygens (including phenoxy) is 1. The van der Waals surface area contributed by atoms with Crippen LogP contribution in [0.15, 0.2) is 24.5 Å². The van der Waals surface area contributed by atoms with E-state index in [1.165, 1.54) is 6.33 Å². The van der Waals surface area contributed by atoms with Crippen LogP contribution in [0.25, 0.3) is 0 Å². The molecule has 2 N–H and O–H groups in total. The number of aryl methyl sites for hydroxylation is 1. The van der Waals surface area contributed by atoms with Gasteiger partial charge in [0.2, 0.25) is 17.8 Å². The van der Waals surface area contributed by atoms with Crippen molar-refractivity contribution in [1.29, 1.82) is 0 Å². The molecule has 0 spiro atoms. The van der Waals surface area contributed by atoms with E-state index in [0.717, 1.165) is 5.56 Å². The molecule has 0 bridgehead atoms. The Labute approximate surface area is 132 Å². The molecule has 23 heavy (non-hydrogen) atoms. The summed E-state index contributed by atoms with van der Waals surface area (Å²) in [5, 5.41) is 9.45. The number of carbonyl (C=O) groups excluding carboxylic acids is 2. The van der Waals surface area contributed by atoms with Crippen LogP contribution in [-0.2, 0) is 16.1 Å². The zero-order valence-electron chi connectivity index (χ0n) is 12.9. The van der Waals surface area contributed by atoms with E-state index in [4.69, 9.17) is 4.74 Å². The van der Waals surface area contributed by atoms with Gasteiger partial charge in [0.25, 0.3) is 0 Å². The number of hydrogen-bond acceptors (Lipinski definition) is 5. The molecule has 8 heteroatoms. The fraction of sp³-hybridized carbons (Fsp3) is 0.333. The number of fused-ring (bicyclic) bond motifs is 1.